The number of carbonyl (C=O) groups is 1. The molecule has 2 heterocycles. The molecule has 0 spiro atoms. The Kier molecular flexibility index (Phi) is 5.13. The highest BCUT2D eigenvalue weighted by atomic mass is 16.2. The van der Waals surface area contributed by atoms with E-state index in [1.165, 1.54) is 50.0 Å². The maximum atomic E-state index is 12.8. The fraction of sp³-hybridized carbons (Fsp3) is 0.765. The van der Waals surface area contributed by atoms with Crippen LogP contribution < -0.4 is 0 Å². The van der Waals surface area contributed by atoms with Crippen molar-refractivity contribution in [1.82, 2.24) is 20.0 Å². The number of rotatable bonds is 5. The summed E-state index contributed by atoms with van der Waals surface area (Å²) in [6.45, 7) is 7.00. The number of likely N-dealkylation sites (tertiary alicyclic amines) is 1. The summed E-state index contributed by atoms with van der Waals surface area (Å²) >= 11 is 0. The van der Waals surface area contributed by atoms with Gasteiger partial charge in [0.2, 0.25) is 0 Å². The van der Waals surface area contributed by atoms with Crippen LogP contribution in [0.5, 0.6) is 0 Å². The first-order chi connectivity index (χ1) is 10.8. The van der Waals surface area contributed by atoms with Gasteiger partial charge in [0.05, 0.1) is 0 Å². The summed E-state index contributed by atoms with van der Waals surface area (Å²) in [5.41, 5.74) is 3.01. The fourth-order valence-electron chi connectivity index (χ4n) is 3.67. The van der Waals surface area contributed by atoms with Gasteiger partial charge in [-0.15, -0.1) is 0 Å². The van der Waals surface area contributed by atoms with Gasteiger partial charge >= 0.3 is 0 Å². The first-order valence-electron chi connectivity index (χ1n) is 8.87. The molecule has 0 aromatic carbocycles. The van der Waals surface area contributed by atoms with Crippen molar-refractivity contribution >= 4 is 5.91 Å². The monoisotopic (exact) mass is 304 g/mol. The Bertz CT molecular complexity index is 503. The summed E-state index contributed by atoms with van der Waals surface area (Å²) in [6, 6.07) is 0. The largest absolute Gasteiger partial charge is 0.336 e. The number of aryl methyl sites for hydroxylation is 1. The number of hydrogen-bond donors (Lipinski definition) is 1. The second-order valence-corrected chi connectivity index (χ2v) is 6.52. The van der Waals surface area contributed by atoms with Crippen molar-refractivity contribution in [1.29, 1.82) is 0 Å². The topological polar surface area (TPSA) is 52.2 Å². The van der Waals surface area contributed by atoms with E-state index in [0.717, 1.165) is 38.9 Å². The Balaban J connectivity index is 1.59. The molecule has 0 radical (unpaired) electrons. The number of aromatic nitrogens is 2. The van der Waals surface area contributed by atoms with E-state index in [9.17, 15) is 4.79 Å². The molecule has 1 amide bonds. The highest BCUT2D eigenvalue weighted by Gasteiger charge is 2.26. The molecule has 0 bridgehead atoms. The number of aromatic amines is 1. The van der Waals surface area contributed by atoms with Crippen LogP contribution in [0.4, 0.5) is 0 Å². The second kappa shape index (κ2) is 7.27. The smallest absolute Gasteiger partial charge is 0.274 e. The van der Waals surface area contributed by atoms with Gasteiger partial charge in [0.1, 0.15) is 0 Å². The lowest BCUT2D eigenvalue weighted by atomic mass is 10.2. The van der Waals surface area contributed by atoms with Crippen LogP contribution in [0.1, 0.15) is 60.8 Å². The second-order valence-electron chi connectivity index (χ2n) is 6.52. The van der Waals surface area contributed by atoms with E-state index in [1.54, 1.807) is 0 Å². The van der Waals surface area contributed by atoms with Crippen molar-refractivity contribution in [3.8, 4) is 0 Å². The normalized spacial score (nSPS) is 19.0. The predicted octanol–water partition coefficient (Wildman–Crippen LogP) is 2.24. The summed E-state index contributed by atoms with van der Waals surface area (Å²) in [4.78, 5) is 17.2. The van der Waals surface area contributed by atoms with Crippen molar-refractivity contribution in [2.24, 2.45) is 0 Å². The average Bonchev–Trinajstić information content (AvgIpc) is 3.04. The van der Waals surface area contributed by atoms with Crippen LogP contribution >= 0.6 is 0 Å². The first-order valence-corrected chi connectivity index (χ1v) is 8.87. The van der Waals surface area contributed by atoms with Gasteiger partial charge in [-0.25, -0.2) is 0 Å². The van der Waals surface area contributed by atoms with E-state index in [2.05, 4.69) is 22.0 Å². The van der Waals surface area contributed by atoms with Gasteiger partial charge in [0.25, 0.3) is 5.91 Å². The number of nitrogens with zero attached hydrogens (tertiary/aromatic N) is 3. The molecule has 1 aliphatic heterocycles. The van der Waals surface area contributed by atoms with Gasteiger partial charge in [-0.1, -0.05) is 12.8 Å². The number of likely N-dealkylation sites (N-methyl/N-ethyl adjacent to an activating group) is 1. The Hall–Kier alpha value is -1.36. The number of hydrogen-bond acceptors (Lipinski definition) is 3. The minimum absolute atomic E-state index is 0.108. The number of H-pyrrole nitrogens is 1. The van der Waals surface area contributed by atoms with E-state index in [-0.39, 0.29) is 5.91 Å². The van der Waals surface area contributed by atoms with Gasteiger partial charge in [-0.05, 0) is 52.1 Å². The van der Waals surface area contributed by atoms with Gasteiger partial charge in [-0.3, -0.25) is 9.89 Å². The maximum absolute atomic E-state index is 12.8. The van der Waals surface area contributed by atoms with Crippen LogP contribution in [0.25, 0.3) is 0 Å². The summed E-state index contributed by atoms with van der Waals surface area (Å²) in [6.07, 6.45) is 8.48. The molecule has 22 heavy (non-hydrogen) atoms. The number of fused-ring (bicyclic) bond motifs is 1. The average molecular weight is 304 g/mol. The van der Waals surface area contributed by atoms with Crippen LogP contribution in [0, 0.1) is 0 Å². The quantitative estimate of drug-likeness (QED) is 0.907. The van der Waals surface area contributed by atoms with Gasteiger partial charge < -0.3 is 9.80 Å². The molecule has 0 atom stereocenters. The van der Waals surface area contributed by atoms with Gasteiger partial charge in [-0.2, -0.15) is 5.10 Å². The molecule has 5 heteroatoms. The van der Waals surface area contributed by atoms with Crippen molar-refractivity contribution in [3.05, 3.63) is 17.0 Å². The third-order valence-corrected chi connectivity index (χ3v) is 5.06. The standard InChI is InChI=1S/C17H28N4O/c1-2-21(13-12-20-10-5-3-4-6-11-20)17(22)16-14-8-7-9-15(14)18-19-16/h2-13H2,1H3,(H,18,19). The summed E-state index contributed by atoms with van der Waals surface area (Å²) in [7, 11) is 0. The zero-order chi connectivity index (χ0) is 15.4. The molecule has 1 fully saturated rings. The number of nitrogens with one attached hydrogen (secondary N) is 1. The SMILES string of the molecule is CCN(CCN1CCCCCC1)C(=O)c1n[nH]c2c1CCC2. The van der Waals surface area contributed by atoms with Crippen LogP contribution in [0.3, 0.4) is 0 Å². The lowest BCUT2D eigenvalue weighted by Gasteiger charge is -2.25. The Morgan fingerprint density at radius 3 is 2.68 bits per heavy atom. The van der Waals surface area contributed by atoms with Crippen molar-refractivity contribution in [3.63, 3.8) is 0 Å². The molecule has 0 saturated carbocycles. The Labute approximate surface area is 133 Å². The third-order valence-electron chi connectivity index (χ3n) is 5.06. The summed E-state index contributed by atoms with van der Waals surface area (Å²) in [5.74, 6) is 0.108. The molecular weight excluding hydrogens is 276 g/mol. The van der Waals surface area contributed by atoms with Crippen LogP contribution in [-0.4, -0.2) is 58.6 Å². The highest BCUT2D eigenvalue weighted by Crippen LogP contribution is 2.23. The Morgan fingerprint density at radius 1 is 1.18 bits per heavy atom. The lowest BCUT2D eigenvalue weighted by Crippen LogP contribution is -2.39. The van der Waals surface area contributed by atoms with Crippen LogP contribution in [0.15, 0.2) is 0 Å². The fourth-order valence-corrected chi connectivity index (χ4v) is 3.67. The minimum Gasteiger partial charge on any atom is -0.336 e. The first kappa shape index (κ1) is 15.5. The van der Waals surface area contributed by atoms with Crippen molar-refractivity contribution < 1.29 is 4.79 Å². The maximum Gasteiger partial charge on any atom is 0.274 e. The van der Waals surface area contributed by atoms with Gasteiger partial charge in [0, 0.05) is 30.9 Å². The molecule has 1 N–H and O–H groups in total. The third kappa shape index (κ3) is 3.35. The van der Waals surface area contributed by atoms with E-state index >= 15 is 0 Å². The Morgan fingerprint density at radius 2 is 1.95 bits per heavy atom. The molecular formula is C17H28N4O. The molecule has 0 unspecified atom stereocenters. The highest BCUT2D eigenvalue weighted by molar-refractivity contribution is 5.94. The molecule has 122 valence electrons. The molecule has 1 aromatic rings. The summed E-state index contributed by atoms with van der Waals surface area (Å²) in [5, 5.41) is 7.34. The van der Waals surface area contributed by atoms with E-state index < -0.39 is 0 Å². The number of carbonyl (C=O) groups excluding carboxylic acids is 1. The van der Waals surface area contributed by atoms with E-state index in [4.69, 9.17) is 0 Å². The lowest BCUT2D eigenvalue weighted by molar-refractivity contribution is 0.0738. The molecule has 1 aliphatic carbocycles. The van der Waals surface area contributed by atoms with Crippen LogP contribution in [0.2, 0.25) is 0 Å². The van der Waals surface area contributed by atoms with E-state index in [0.29, 0.717) is 5.69 Å². The van der Waals surface area contributed by atoms with E-state index in [1.807, 2.05) is 4.90 Å². The number of amides is 1. The minimum atomic E-state index is 0.108. The van der Waals surface area contributed by atoms with Crippen molar-refractivity contribution in [2.45, 2.75) is 51.9 Å². The zero-order valence-corrected chi connectivity index (χ0v) is 13.7. The van der Waals surface area contributed by atoms with Crippen molar-refractivity contribution in [2.75, 3.05) is 32.7 Å². The molecule has 1 aromatic heterocycles. The molecule has 2 aliphatic rings. The zero-order valence-electron chi connectivity index (χ0n) is 13.7. The van der Waals surface area contributed by atoms with Gasteiger partial charge in [0.15, 0.2) is 5.69 Å². The molecule has 1 saturated heterocycles. The molecule has 5 nitrogen and oxygen atoms in total. The van der Waals surface area contributed by atoms with Crippen LogP contribution in [-0.2, 0) is 12.8 Å². The molecule has 3 rings (SSSR count). The predicted molar refractivity (Wildman–Crippen MR) is 87.1 cm³/mol. The summed E-state index contributed by atoms with van der Waals surface area (Å²) < 4.78 is 0.